The molecule has 0 saturated heterocycles. The summed E-state index contributed by atoms with van der Waals surface area (Å²) < 4.78 is 0. The number of nitrogens with zero attached hydrogens (tertiary/aromatic N) is 4. The maximum absolute atomic E-state index is 4.63. The highest BCUT2D eigenvalue weighted by molar-refractivity contribution is 5.22. The first-order valence-electron chi connectivity index (χ1n) is 1.62. The molecule has 0 radical (unpaired) electrons. The Hall–Kier alpha value is -1.24. The van der Waals surface area contributed by atoms with E-state index < -0.39 is 0 Å². The Bertz CT molecular complexity index is 91.6. The van der Waals surface area contributed by atoms with Gasteiger partial charge in [0.05, 0.1) is 0 Å². The van der Waals surface area contributed by atoms with Crippen molar-refractivity contribution in [2.75, 3.05) is 7.05 Å². The molecule has 0 aromatic carbocycles. The summed E-state index contributed by atoms with van der Waals surface area (Å²) in [5, 5.41) is 4.47. The zero-order valence-electron chi connectivity index (χ0n) is 4.07. The summed E-state index contributed by atoms with van der Waals surface area (Å²) in [5.74, 6) is 0. The highest BCUT2D eigenvalue weighted by atomic mass is 15.8. The van der Waals surface area contributed by atoms with Crippen LogP contribution in [0.1, 0.15) is 0 Å². The third kappa shape index (κ3) is 2.56. The van der Waals surface area contributed by atoms with Crippen LogP contribution in [0.5, 0.6) is 0 Å². The van der Waals surface area contributed by atoms with Crippen molar-refractivity contribution in [2.24, 2.45) is 5.10 Å². The van der Waals surface area contributed by atoms with Crippen molar-refractivity contribution < 1.29 is 0 Å². The van der Waals surface area contributed by atoms with Crippen LogP contribution in [0.3, 0.4) is 0 Å². The molecule has 0 aromatic rings. The molecule has 0 aliphatic carbocycles. The van der Waals surface area contributed by atoms with Gasteiger partial charge in [-0.05, 0) is 0 Å². The van der Waals surface area contributed by atoms with E-state index in [1.807, 2.05) is 0 Å². The second-order valence-corrected chi connectivity index (χ2v) is 0.836. The summed E-state index contributed by atoms with van der Waals surface area (Å²) in [6.07, 6.45) is 0. The molecule has 0 rings (SSSR count). The van der Waals surface area contributed by atoms with Crippen LogP contribution in [-0.4, -0.2) is 18.9 Å². The van der Waals surface area contributed by atoms with Gasteiger partial charge < -0.3 is 5.12 Å². The fraction of sp³-hybridized carbons (Fsp3) is 0.333. The fourth-order valence-electron chi connectivity index (χ4n) is 0.103. The Morgan fingerprint density at radius 1 is 2.00 bits per heavy atom. The van der Waals surface area contributed by atoms with Gasteiger partial charge in [0, 0.05) is 13.8 Å². The molecule has 4 heteroatoms. The van der Waals surface area contributed by atoms with E-state index >= 15 is 0 Å². The Balaban J connectivity index is 3.21. The topological polar surface area (TPSA) is 34.1 Å². The maximum Gasteiger partial charge on any atom is 0.258 e. The van der Waals surface area contributed by atoms with Crippen molar-refractivity contribution in [1.29, 1.82) is 0 Å². The molecule has 0 fully saturated rings. The van der Waals surface area contributed by atoms with Crippen molar-refractivity contribution in [2.45, 2.75) is 0 Å². The van der Waals surface area contributed by atoms with Crippen molar-refractivity contribution in [3.05, 3.63) is 10.5 Å². The van der Waals surface area contributed by atoms with Crippen molar-refractivity contribution >= 4 is 6.72 Å². The van der Waals surface area contributed by atoms with E-state index in [-0.39, 0.29) is 0 Å². The zero-order valence-corrected chi connectivity index (χ0v) is 4.07. The predicted octanol–water partition coefficient (Wildman–Crippen LogP) is 0.700. The highest BCUT2D eigenvalue weighted by Gasteiger charge is 1.71. The lowest BCUT2D eigenvalue weighted by Gasteiger charge is -2.10. The Morgan fingerprint density at radius 3 is 2.71 bits per heavy atom. The lowest BCUT2D eigenvalue weighted by atomic mass is 11.4. The van der Waals surface area contributed by atoms with Gasteiger partial charge in [-0.1, -0.05) is 4.95 Å². The van der Waals surface area contributed by atoms with Crippen LogP contribution < -0.4 is 0 Å². The monoisotopic (exact) mass is 98.1 g/mol. The fourth-order valence-corrected chi connectivity index (χ4v) is 0.103. The first kappa shape index (κ1) is 5.76. The quantitative estimate of drug-likeness (QED) is 0.369. The van der Waals surface area contributed by atoms with Gasteiger partial charge in [0.2, 0.25) is 0 Å². The summed E-state index contributed by atoms with van der Waals surface area (Å²) >= 11 is 0. The average molecular weight is 98.1 g/mol. The van der Waals surface area contributed by atoms with Crippen molar-refractivity contribution in [3.63, 3.8) is 0 Å². The SMILES string of the molecule is C#[N+][N-]N(C)N=C. The highest BCUT2D eigenvalue weighted by Crippen LogP contribution is 1.91. The zero-order chi connectivity index (χ0) is 5.70. The minimum absolute atomic E-state index is 1.15. The number of hydrogen-bond acceptors (Lipinski definition) is 2. The molecule has 38 valence electrons. The van der Waals surface area contributed by atoms with Crippen molar-refractivity contribution in [1.82, 2.24) is 5.12 Å². The Kier molecular flexibility index (Phi) is 2.44. The van der Waals surface area contributed by atoms with E-state index in [0.717, 1.165) is 5.12 Å². The first-order valence-corrected chi connectivity index (χ1v) is 1.62. The Morgan fingerprint density at radius 2 is 2.57 bits per heavy atom. The molecule has 0 heterocycles. The van der Waals surface area contributed by atoms with E-state index in [0.29, 0.717) is 0 Å². The summed E-state index contributed by atoms with van der Waals surface area (Å²) in [6.45, 7) is 7.78. The summed E-state index contributed by atoms with van der Waals surface area (Å²) in [7, 11) is 1.57. The van der Waals surface area contributed by atoms with Crippen LogP contribution in [0.15, 0.2) is 5.10 Å². The first-order chi connectivity index (χ1) is 3.31. The molecule has 0 aromatic heterocycles. The van der Waals surface area contributed by atoms with Crippen LogP contribution in [-0.2, 0) is 0 Å². The minimum atomic E-state index is 1.15. The molecule has 0 saturated carbocycles. The van der Waals surface area contributed by atoms with Crippen LogP contribution in [0, 0.1) is 6.57 Å². The number of rotatable bonds is 2. The van der Waals surface area contributed by atoms with E-state index in [4.69, 9.17) is 0 Å². The van der Waals surface area contributed by atoms with Crippen LogP contribution >= 0.6 is 0 Å². The molecule has 0 atom stereocenters. The molecular weight excluding hydrogens is 92.1 g/mol. The predicted molar refractivity (Wildman–Crippen MR) is 29.0 cm³/mol. The molecular formula is C3H6N4. The van der Waals surface area contributed by atoms with Crippen molar-refractivity contribution in [3.8, 4) is 6.57 Å². The Labute approximate surface area is 42.2 Å². The lowest BCUT2D eigenvalue weighted by Crippen LogP contribution is -1.98. The molecule has 0 N–H and O–H groups in total. The van der Waals surface area contributed by atoms with Crippen LogP contribution in [0.25, 0.3) is 10.5 Å². The number of hydrogen-bond donors (Lipinski definition) is 0. The standard InChI is InChI=1S/C3H6N4/c1-4-6-7(3)5-2/h1H,2H2,3H3. The van der Waals surface area contributed by atoms with Gasteiger partial charge in [-0.3, -0.25) is 0 Å². The van der Waals surface area contributed by atoms with Gasteiger partial charge in [-0.15, -0.1) is 0 Å². The van der Waals surface area contributed by atoms with Crippen LogP contribution in [0.4, 0.5) is 0 Å². The van der Waals surface area contributed by atoms with Gasteiger partial charge in [0.1, 0.15) is 0 Å². The maximum atomic E-state index is 4.63. The van der Waals surface area contributed by atoms with E-state index in [9.17, 15) is 0 Å². The van der Waals surface area contributed by atoms with E-state index in [1.165, 1.54) is 0 Å². The van der Waals surface area contributed by atoms with Crippen LogP contribution in [0.2, 0.25) is 0 Å². The molecule has 0 amide bonds. The minimum Gasteiger partial charge on any atom is -0.307 e. The molecule has 7 heavy (non-hydrogen) atoms. The molecule has 0 bridgehead atoms. The third-order valence-electron chi connectivity index (χ3n) is 0.386. The third-order valence-corrected chi connectivity index (χ3v) is 0.386. The lowest BCUT2D eigenvalue weighted by molar-refractivity contribution is 0.468. The van der Waals surface area contributed by atoms with Gasteiger partial charge in [-0.2, -0.15) is 5.53 Å². The number of hydrazone groups is 1. The second kappa shape index (κ2) is 2.97. The molecule has 4 nitrogen and oxygen atoms in total. The van der Waals surface area contributed by atoms with Gasteiger partial charge in [0.25, 0.3) is 6.57 Å². The summed E-state index contributed by atoms with van der Waals surface area (Å²) in [5.41, 5.74) is 3.25. The van der Waals surface area contributed by atoms with E-state index in [1.54, 1.807) is 7.05 Å². The molecule has 0 spiro atoms. The van der Waals surface area contributed by atoms with E-state index in [2.05, 4.69) is 28.9 Å². The molecule has 0 aliphatic heterocycles. The van der Waals surface area contributed by atoms with Gasteiger partial charge in [-0.25, -0.2) is 5.10 Å². The molecule has 0 unspecified atom stereocenters. The summed E-state index contributed by atoms with van der Waals surface area (Å²) in [4.78, 5) is 2.92. The second-order valence-electron chi connectivity index (χ2n) is 0.836. The largest absolute Gasteiger partial charge is 0.307 e. The normalized spacial score (nSPS) is 6.29. The average Bonchev–Trinajstić information content (AvgIpc) is 1.68. The molecule has 0 aliphatic rings. The van der Waals surface area contributed by atoms with Gasteiger partial charge in [0.15, 0.2) is 0 Å². The summed E-state index contributed by atoms with van der Waals surface area (Å²) in [6, 6.07) is 0. The van der Waals surface area contributed by atoms with Gasteiger partial charge >= 0.3 is 0 Å². The smallest absolute Gasteiger partial charge is 0.258 e.